The highest BCUT2D eigenvalue weighted by Gasteiger charge is 2.17. The third-order valence-corrected chi connectivity index (χ3v) is 4.46. The molecular formula is C15H15NO2S. The number of rotatable bonds is 3. The summed E-state index contributed by atoms with van der Waals surface area (Å²) in [5.41, 5.74) is 3.01. The van der Waals surface area contributed by atoms with Crippen molar-refractivity contribution in [3.8, 4) is 0 Å². The maximum Gasteiger partial charge on any atom is 0.335 e. The van der Waals surface area contributed by atoms with Crippen molar-refractivity contribution in [2.24, 2.45) is 0 Å². The largest absolute Gasteiger partial charge is 0.478 e. The van der Waals surface area contributed by atoms with Gasteiger partial charge in [-0.2, -0.15) is 0 Å². The second-order valence-electron chi connectivity index (χ2n) is 4.83. The van der Waals surface area contributed by atoms with Gasteiger partial charge in [0.1, 0.15) is 0 Å². The summed E-state index contributed by atoms with van der Waals surface area (Å²) in [7, 11) is 0. The molecule has 0 radical (unpaired) electrons. The maximum absolute atomic E-state index is 10.8. The zero-order valence-electron chi connectivity index (χ0n) is 10.5. The van der Waals surface area contributed by atoms with Gasteiger partial charge in [0, 0.05) is 24.5 Å². The fraction of sp³-hybridized carbons (Fsp3) is 0.267. The van der Waals surface area contributed by atoms with Gasteiger partial charge < -0.3 is 5.11 Å². The molecule has 2 heterocycles. The van der Waals surface area contributed by atoms with Crippen LogP contribution in [0, 0.1) is 0 Å². The van der Waals surface area contributed by atoms with Gasteiger partial charge in [-0.25, -0.2) is 4.79 Å². The van der Waals surface area contributed by atoms with E-state index in [2.05, 4.69) is 16.3 Å². The Morgan fingerprint density at radius 1 is 1.26 bits per heavy atom. The first-order valence-corrected chi connectivity index (χ1v) is 7.20. The number of aromatic carboxylic acids is 1. The smallest absolute Gasteiger partial charge is 0.335 e. The van der Waals surface area contributed by atoms with Crippen LogP contribution in [-0.2, 0) is 19.5 Å². The highest BCUT2D eigenvalue weighted by molar-refractivity contribution is 7.10. The van der Waals surface area contributed by atoms with Crippen molar-refractivity contribution in [3.05, 3.63) is 57.3 Å². The van der Waals surface area contributed by atoms with Crippen LogP contribution >= 0.6 is 11.3 Å². The van der Waals surface area contributed by atoms with Gasteiger partial charge >= 0.3 is 5.97 Å². The molecule has 0 fully saturated rings. The van der Waals surface area contributed by atoms with Gasteiger partial charge in [-0.15, -0.1) is 11.3 Å². The Labute approximate surface area is 116 Å². The Morgan fingerprint density at radius 2 is 2.05 bits per heavy atom. The molecule has 3 nitrogen and oxygen atoms in total. The first kappa shape index (κ1) is 12.4. The van der Waals surface area contributed by atoms with E-state index in [0.29, 0.717) is 5.56 Å². The number of thiophene rings is 1. The van der Waals surface area contributed by atoms with Gasteiger partial charge in [0.05, 0.1) is 5.56 Å². The van der Waals surface area contributed by atoms with Gasteiger partial charge in [-0.1, -0.05) is 12.1 Å². The predicted molar refractivity (Wildman–Crippen MR) is 75.5 cm³/mol. The topological polar surface area (TPSA) is 40.5 Å². The molecule has 0 saturated heterocycles. The number of hydrogen-bond donors (Lipinski definition) is 1. The van der Waals surface area contributed by atoms with Crippen molar-refractivity contribution in [2.45, 2.75) is 19.5 Å². The van der Waals surface area contributed by atoms with Crippen molar-refractivity contribution in [3.63, 3.8) is 0 Å². The van der Waals surface area contributed by atoms with Gasteiger partial charge in [0.25, 0.3) is 0 Å². The lowest BCUT2D eigenvalue weighted by Crippen LogP contribution is -2.29. The molecule has 98 valence electrons. The second-order valence-corrected chi connectivity index (χ2v) is 5.83. The number of hydrogen-bond acceptors (Lipinski definition) is 3. The lowest BCUT2D eigenvalue weighted by atomic mass is 10.1. The van der Waals surface area contributed by atoms with Gasteiger partial charge in [-0.3, -0.25) is 4.90 Å². The molecular weight excluding hydrogens is 258 g/mol. The van der Waals surface area contributed by atoms with Gasteiger partial charge in [-0.05, 0) is 41.1 Å². The molecule has 4 heteroatoms. The first-order valence-electron chi connectivity index (χ1n) is 6.32. The quantitative estimate of drug-likeness (QED) is 0.934. The van der Waals surface area contributed by atoms with E-state index in [0.717, 1.165) is 26.1 Å². The molecule has 1 N–H and O–H groups in total. The van der Waals surface area contributed by atoms with Crippen LogP contribution in [-0.4, -0.2) is 22.5 Å². The Balaban J connectivity index is 1.68. The molecule has 1 aliphatic heterocycles. The van der Waals surface area contributed by atoms with E-state index in [1.54, 1.807) is 12.1 Å². The highest BCUT2D eigenvalue weighted by atomic mass is 32.1. The van der Waals surface area contributed by atoms with Crippen LogP contribution in [0.15, 0.2) is 35.7 Å². The third kappa shape index (κ3) is 2.69. The number of carboxylic acid groups (broad SMARTS) is 1. The Bertz CT molecular complexity index is 588. The van der Waals surface area contributed by atoms with Crippen LogP contribution in [0.1, 0.15) is 26.4 Å². The zero-order chi connectivity index (χ0) is 13.2. The van der Waals surface area contributed by atoms with Crippen LogP contribution in [0.5, 0.6) is 0 Å². The van der Waals surface area contributed by atoms with Crippen LogP contribution in [0.25, 0.3) is 0 Å². The molecule has 0 atom stereocenters. The molecule has 0 aliphatic carbocycles. The minimum Gasteiger partial charge on any atom is -0.478 e. The lowest BCUT2D eigenvalue weighted by molar-refractivity contribution is 0.0697. The molecule has 19 heavy (non-hydrogen) atoms. The zero-order valence-corrected chi connectivity index (χ0v) is 11.3. The summed E-state index contributed by atoms with van der Waals surface area (Å²) in [6, 6.07) is 9.40. The fourth-order valence-electron chi connectivity index (χ4n) is 2.44. The van der Waals surface area contributed by atoms with E-state index in [4.69, 9.17) is 5.11 Å². The van der Waals surface area contributed by atoms with E-state index in [-0.39, 0.29) is 0 Å². The average molecular weight is 273 g/mol. The summed E-state index contributed by atoms with van der Waals surface area (Å²) >= 11 is 1.83. The van der Waals surface area contributed by atoms with Crippen LogP contribution in [0.4, 0.5) is 0 Å². The number of carbonyl (C=O) groups is 1. The van der Waals surface area contributed by atoms with Crippen LogP contribution < -0.4 is 0 Å². The maximum atomic E-state index is 10.8. The summed E-state index contributed by atoms with van der Waals surface area (Å²) < 4.78 is 0. The Morgan fingerprint density at radius 3 is 2.79 bits per heavy atom. The molecule has 3 rings (SSSR count). The predicted octanol–water partition coefficient (Wildman–Crippen LogP) is 3.00. The molecule has 1 aromatic heterocycles. The van der Waals surface area contributed by atoms with Crippen molar-refractivity contribution >= 4 is 17.3 Å². The molecule has 2 aromatic rings. The summed E-state index contributed by atoms with van der Waals surface area (Å²) in [6.45, 7) is 2.97. The minimum absolute atomic E-state index is 0.350. The normalized spacial score (nSPS) is 15.2. The monoisotopic (exact) mass is 273 g/mol. The number of fused-ring (bicyclic) bond motifs is 1. The van der Waals surface area contributed by atoms with E-state index in [1.807, 2.05) is 23.5 Å². The number of nitrogens with zero attached hydrogens (tertiary/aromatic N) is 1. The summed E-state index contributed by atoms with van der Waals surface area (Å²) in [6.07, 6.45) is 1.12. The Kier molecular flexibility index (Phi) is 3.36. The number of carboxylic acids is 1. The van der Waals surface area contributed by atoms with E-state index < -0.39 is 5.97 Å². The molecule has 0 unspecified atom stereocenters. The second kappa shape index (κ2) is 5.15. The average Bonchev–Trinajstić information content (AvgIpc) is 2.87. The Hall–Kier alpha value is -1.65. The first-order chi connectivity index (χ1) is 9.22. The molecule has 0 amide bonds. The molecule has 0 spiro atoms. The molecule has 1 aromatic carbocycles. The van der Waals surface area contributed by atoms with E-state index >= 15 is 0 Å². The van der Waals surface area contributed by atoms with Gasteiger partial charge in [0.2, 0.25) is 0 Å². The summed E-state index contributed by atoms with van der Waals surface area (Å²) in [5, 5.41) is 11.0. The van der Waals surface area contributed by atoms with Crippen LogP contribution in [0.2, 0.25) is 0 Å². The fourth-order valence-corrected chi connectivity index (χ4v) is 3.41. The van der Waals surface area contributed by atoms with E-state index in [9.17, 15) is 4.79 Å². The van der Waals surface area contributed by atoms with E-state index in [1.165, 1.54) is 16.0 Å². The van der Waals surface area contributed by atoms with Crippen molar-refractivity contribution < 1.29 is 9.90 Å². The third-order valence-electron chi connectivity index (χ3n) is 3.51. The minimum atomic E-state index is -0.868. The lowest BCUT2D eigenvalue weighted by Gasteiger charge is -2.26. The van der Waals surface area contributed by atoms with Crippen molar-refractivity contribution in [1.29, 1.82) is 0 Å². The van der Waals surface area contributed by atoms with Crippen LogP contribution in [0.3, 0.4) is 0 Å². The van der Waals surface area contributed by atoms with Crippen molar-refractivity contribution in [1.82, 2.24) is 4.90 Å². The summed E-state index contributed by atoms with van der Waals surface area (Å²) in [5.74, 6) is -0.868. The van der Waals surface area contributed by atoms with Gasteiger partial charge in [0.15, 0.2) is 0 Å². The summed E-state index contributed by atoms with van der Waals surface area (Å²) in [4.78, 5) is 14.7. The number of benzene rings is 1. The molecule has 0 saturated carbocycles. The highest BCUT2D eigenvalue weighted by Crippen LogP contribution is 2.25. The van der Waals surface area contributed by atoms with Crippen molar-refractivity contribution in [2.75, 3.05) is 6.54 Å². The molecule has 0 bridgehead atoms. The standard InChI is InChI=1S/C15H15NO2S/c17-15(18)13-3-1-11(2-4-13)9-16-7-5-12-6-8-19-14(12)10-16/h1-4,6,8H,5,7,9-10H2,(H,17,18). The molecule has 1 aliphatic rings. The SMILES string of the molecule is O=C(O)c1ccc(CN2CCc3ccsc3C2)cc1.